The van der Waals surface area contributed by atoms with E-state index in [0.29, 0.717) is 11.6 Å². The molecule has 5 heteroatoms. The molecule has 21 heavy (non-hydrogen) atoms. The van der Waals surface area contributed by atoms with Gasteiger partial charge in [-0.15, -0.1) is 0 Å². The molecule has 2 aromatic rings. The first kappa shape index (κ1) is 15.9. The van der Waals surface area contributed by atoms with E-state index >= 15 is 0 Å². The highest BCUT2D eigenvalue weighted by Gasteiger charge is 2.10. The van der Waals surface area contributed by atoms with Crippen LogP contribution < -0.4 is 4.90 Å². The Morgan fingerprint density at radius 2 is 1.90 bits per heavy atom. The topological polar surface area (TPSA) is 40.5 Å². The third-order valence-corrected chi connectivity index (χ3v) is 3.83. The lowest BCUT2D eigenvalue weighted by Crippen LogP contribution is -2.18. The van der Waals surface area contributed by atoms with E-state index in [1.54, 1.807) is 0 Å². The predicted molar refractivity (Wildman–Crippen MR) is 89.0 cm³/mol. The molecule has 1 N–H and O–H groups in total. The van der Waals surface area contributed by atoms with Crippen LogP contribution in [0.25, 0.3) is 0 Å². The summed E-state index contributed by atoms with van der Waals surface area (Å²) in [6.07, 6.45) is 0.0310. The van der Waals surface area contributed by atoms with Gasteiger partial charge in [-0.1, -0.05) is 51.8 Å². The zero-order valence-corrected chi connectivity index (χ0v) is 13.9. The van der Waals surface area contributed by atoms with E-state index in [9.17, 15) is 4.79 Å². The molecule has 0 unspecified atom stereocenters. The molecule has 0 atom stereocenters. The van der Waals surface area contributed by atoms with Crippen LogP contribution in [0.4, 0.5) is 5.69 Å². The normalized spacial score (nSPS) is 10.4. The molecule has 2 aromatic carbocycles. The molecule has 0 aliphatic heterocycles. The molecule has 0 fully saturated rings. The molecule has 2 rings (SSSR count). The Bertz CT molecular complexity index is 640. The van der Waals surface area contributed by atoms with Crippen molar-refractivity contribution in [2.45, 2.75) is 13.0 Å². The maximum absolute atomic E-state index is 10.9. The summed E-state index contributed by atoms with van der Waals surface area (Å²) < 4.78 is 0.913. The van der Waals surface area contributed by atoms with Gasteiger partial charge in [0.25, 0.3) is 0 Å². The van der Waals surface area contributed by atoms with Crippen LogP contribution in [0.1, 0.15) is 11.1 Å². The van der Waals surface area contributed by atoms with Crippen molar-refractivity contribution in [1.29, 1.82) is 0 Å². The van der Waals surface area contributed by atoms with Gasteiger partial charge >= 0.3 is 5.97 Å². The van der Waals surface area contributed by atoms with E-state index in [1.807, 2.05) is 54.4 Å². The zero-order valence-electron chi connectivity index (χ0n) is 11.5. The van der Waals surface area contributed by atoms with Crippen molar-refractivity contribution in [3.05, 3.63) is 63.1 Å². The van der Waals surface area contributed by atoms with Crippen molar-refractivity contribution in [2.75, 3.05) is 11.9 Å². The first-order valence-corrected chi connectivity index (χ1v) is 7.58. The number of hydrogen-bond acceptors (Lipinski definition) is 2. The largest absolute Gasteiger partial charge is 0.481 e. The van der Waals surface area contributed by atoms with Gasteiger partial charge in [0.1, 0.15) is 0 Å². The molecule has 0 aliphatic carbocycles. The number of carboxylic acids is 1. The summed E-state index contributed by atoms with van der Waals surface area (Å²) in [6.45, 7) is 0.621. The number of halogens is 2. The van der Waals surface area contributed by atoms with Crippen molar-refractivity contribution < 1.29 is 9.90 Å². The van der Waals surface area contributed by atoms with Crippen LogP contribution in [0.2, 0.25) is 5.02 Å². The Morgan fingerprint density at radius 3 is 2.52 bits per heavy atom. The van der Waals surface area contributed by atoms with Crippen LogP contribution in [0, 0.1) is 0 Å². The summed E-state index contributed by atoms with van der Waals surface area (Å²) >= 11 is 9.49. The number of carbonyl (C=O) groups is 1. The second-order valence-corrected chi connectivity index (χ2v) is 6.18. The van der Waals surface area contributed by atoms with Crippen LogP contribution in [-0.2, 0) is 17.8 Å². The molecule has 0 saturated heterocycles. The van der Waals surface area contributed by atoms with Crippen LogP contribution in [-0.4, -0.2) is 18.1 Å². The summed E-state index contributed by atoms with van der Waals surface area (Å²) in [4.78, 5) is 13.0. The van der Waals surface area contributed by atoms with Gasteiger partial charge in [-0.25, -0.2) is 0 Å². The molecule has 0 aromatic heterocycles. The lowest BCUT2D eigenvalue weighted by molar-refractivity contribution is -0.136. The highest BCUT2D eigenvalue weighted by Crippen LogP contribution is 2.26. The molecular formula is C16H15BrClNO2. The van der Waals surface area contributed by atoms with Crippen LogP contribution in [0.5, 0.6) is 0 Å². The molecule has 0 aliphatic rings. The average Bonchev–Trinajstić information content (AvgIpc) is 2.39. The van der Waals surface area contributed by atoms with Gasteiger partial charge in [0.2, 0.25) is 0 Å². The predicted octanol–water partition coefficient (Wildman–Crippen LogP) is 4.37. The van der Waals surface area contributed by atoms with Crippen molar-refractivity contribution in [3.63, 3.8) is 0 Å². The first-order valence-electron chi connectivity index (χ1n) is 6.41. The zero-order chi connectivity index (χ0) is 15.4. The molecule has 0 radical (unpaired) electrons. The minimum atomic E-state index is -0.824. The van der Waals surface area contributed by atoms with Crippen molar-refractivity contribution in [3.8, 4) is 0 Å². The Kier molecular flexibility index (Phi) is 5.26. The number of aliphatic carboxylic acids is 1. The second kappa shape index (κ2) is 6.96. The van der Waals surface area contributed by atoms with Crippen LogP contribution in [0.15, 0.2) is 46.9 Å². The SMILES string of the molecule is CN(Cc1ccccc1CC(=O)O)c1cc(Cl)cc(Br)c1. The van der Waals surface area contributed by atoms with Gasteiger partial charge in [0, 0.05) is 28.8 Å². The molecule has 0 heterocycles. The van der Waals surface area contributed by atoms with Gasteiger partial charge in [0.15, 0.2) is 0 Å². The van der Waals surface area contributed by atoms with E-state index in [2.05, 4.69) is 15.9 Å². The number of benzene rings is 2. The van der Waals surface area contributed by atoms with Crippen LogP contribution >= 0.6 is 27.5 Å². The Hall–Kier alpha value is -1.52. The van der Waals surface area contributed by atoms with Crippen LogP contribution in [0.3, 0.4) is 0 Å². The number of carboxylic acid groups (broad SMARTS) is 1. The summed E-state index contributed by atoms with van der Waals surface area (Å²) in [5.74, 6) is -0.824. The number of hydrogen-bond donors (Lipinski definition) is 1. The van der Waals surface area contributed by atoms with Gasteiger partial charge in [-0.2, -0.15) is 0 Å². The Labute approximate surface area is 137 Å². The lowest BCUT2D eigenvalue weighted by atomic mass is 10.0. The monoisotopic (exact) mass is 367 g/mol. The maximum Gasteiger partial charge on any atom is 0.307 e. The van der Waals surface area contributed by atoms with Crippen molar-refractivity contribution in [1.82, 2.24) is 0 Å². The third kappa shape index (κ3) is 4.48. The third-order valence-electron chi connectivity index (χ3n) is 3.16. The number of nitrogens with zero attached hydrogens (tertiary/aromatic N) is 1. The molecule has 0 bridgehead atoms. The van der Waals surface area contributed by atoms with Gasteiger partial charge in [0.05, 0.1) is 6.42 Å². The molecule has 110 valence electrons. The van der Waals surface area contributed by atoms with E-state index in [-0.39, 0.29) is 6.42 Å². The Balaban J connectivity index is 2.23. The second-order valence-electron chi connectivity index (χ2n) is 4.82. The standard InChI is InChI=1S/C16H15BrClNO2/c1-19(15-8-13(17)7-14(18)9-15)10-12-5-3-2-4-11(12)6-16(20)21/h2-5,7-9H,6,10H2,1H3,(H,20,21). The lowest BCUT2D eigenvalue weighted by Gasteiger charge is -2.21. The molecule has 3 nitrogen and oxygen atoms in total. The molecule has 0 amide bonds. The quantitative estimate of drug-likeness (QED) is 0.852. The minimum Gasteiger partial charge on any atom is -0.481 e. The van der Waals surface area contributed by atoms with Crippen molar-refractivity contribution >= 4 is 39.2 Å². The fourth-order valence-electron chi connectivity index (χ4n) is 2.15. The van der Waals surface area contributed by atoms with Gasteiger partial charge < -0.3 is 10.0 Å². The fraction of sp³-hybridized carbons (Fsp3) is 0.188. The van der Waals surface area contributed by atoms with E-state index in [0.717, 1.165) is 21.3 Å². The minimum absolute atomic E-state index is 0.0310. The van der Waals surface area contributed by atoms with Gasteiger partial charge in [-0.05, 0) is 29.3 Å². The highest BCUT2D eigenvalue weighted by atomic mass is 79.9. The van der Waals surface area contributed by atoms with Crippen molar-refractivity contribution in [2.24, 2.45) is 0 Å². The molecule has 0 saturated carbocycles. The summed E-state index contributed by atoms with van der Waals surface area (Å²) in [5.41, 5.74) is 2.80. The summed E-state index contributed by atoms with van der Waals surface area (Å²) in [7, 11) is 1.95. The Morgan fingerprint density at radius 1 is 1.24 bits per heavy atom. The van der Waals surface area contributed by atoms with E-state index < -0.39 is 5.97 Å². The highest BCUT2D eigenvalue weighted by molar-refractivity contribution is 9.10. The van der Waals surface area contributed by atoms with E-state index in [1.165, 1.54) is 0 Å². The summed E-state index contributed by atoms with van der Waals surface area (Å²) in [6, 6.07) is 13.3. The summed E-state index contributed by atoms with van der Waals surface area (Å²) in [5, 5.41) is 9.64. The number of rotatable bonds is 5. The fourth-order valence-corrected chi connectivity index (χ4v) is 3.00. The smallest absolute Gasteiger partial charge is 0.307 e. The molecule has 0 spiro atoms. The van der Waals surface area contributed by atoms with Gasteiger partial charge in [-0.3, -0.25) is 4.79 Å². The molecular weight excluding hydrogens is 354 g/mol. The van der Waals surface area contributed by atoms with E-state index in [4.69, 9.17) is 16.7 Å². The first-order chi connectivity index (χ1) is 9.95. The average molecular weight is 369 g/mol. The maximum atomic E-state index is 10.9. The number of anilines is 1.